The molecule has 1 unspecified atom stereocenters. The Labute approximate surface area is 163 Å². The van der Waals surface area contributed by atoms with Crippen LogP contribution in [-0.2, 0) is 21.3 Å². The van der Waals surface area contributed by atoms with E-state index in [1.165, 1.54) is 14.2 Å². The number of ether oxygens (including phenoxy) is 2. The van der Waals surface area contributed by atoms with E-state index in [0.29, 0.717) is 22.6 Å². The summed E-state index contributed by atoms with van der Waals surface area (Å²) in [6.45, 7) is 0.733. The maximum atomic E-state index is 12.3. The Morgan fingerprint density at radius 3 is 2.82 bits per heavy atom. The normalized spacial score (nSPS) is 16.2. The smallest absolute Gasteiger partial charge is 0.356 e. The van der Waals surface area contributed by atoms with Crippen LogP contribution in [0.5, 0.6) is 0 Å². The van der Waals surface area contributed by atoms with Crippen LogP contribution in [0.1, 0.15) is 29.8 Å². The van der Waals surface area contributed by atoms with Crippen LogP contribution in [0.15, 0.2) is 24.4 Å². The number of nitrogens with zero attached hydrogens (tertiary/aromatic N) is 2. The molecule has 0 saturated carbocycles. The highest BCUT2D eigenvalue weighted by molar-refractivity contribution is 6.11. The molecule has 0 fully saturated rings. The number of aromatic nitrogens is 2. The number of anilines is 2. The number of carbonyl (C=O) groups excluding carboxylic acids is 2. The zero-order chi connectivity index (χ0) is 20.1. The Kier molecular flexibility index (Phi) is 6.30. The van der Waals surface area contributed by atoms with Crippen LogP contribution in [0.25, 0.3) is 11.0 Å². The number of allylic oxidation sites excluding steroid dienone is 2. The molecule has 1 atom stereocenters. The molecule has 0 radical (unpaired) electrons. The molecule has 150 valence electrons. The fraction of sp³-hybridized carbons (Fsp3) is 0.450. The highest BCUT2D eigenvalue weighted by Crippen LogP contribution is 2.32. The molecule has 0 aromatic carbocycles. The minimum absolute atomic E-state index is 0.114. The molecule has 2 aromatic heterocycles. The molecule has 3 rings (SSSR count). The van der Waals surface area contributed by atoms with Gasteiger partial charge >= 0.3 is 5.97 Å². The highest BCUT2D eigenvalue weighted by Gasteiger charge is 2.24. The number of amides is 1. The van der Waals surface area contributed by atoms with Gasteiger partial charge in [0.15, 0.2) is 5.69 Å². The monoisotopic (exact) mass is 386 g/mol. The Hall–Kier alpha value is -2.87. The van der Waals surface area contributed by atoms with Gasteiger partial charge in [-0.2, -0.15) is 0 Å². The van der Waals surface area contributed by atoms with E-state index in [-0.39, 0.29) is 18.2 Å². The number of aryl methyl sites for hydroxylation is 1. The summed E-state index contributed by atoms with van der Waals surface area (Å²) in [4.78, 5) is 28.9. The molecule has 0 spiro atoms. The fourth-order valence-corrected chi connectivity index (χ4v) is 3.48. The van der Waals surface area contributed by atoms with Gasteiger partial charge in [-0.3, -0.25) is 4.79 Å². The molecule has 1 amide bonds. The van der Waals surface area contributed by atoms with Gasteiger partial charge < -0.3 is 24.7 Å². The number of nitrogens with one attached hydrogen (secondary N) is 2. The molecule has 2 heterocycles. The number of hydrogen-bond donors (Lipinski definition) is 2. The van der Waals surface area contributed by atoms with Crippen molar-refractivity contribution in [3.63, 3.8) is 0 Å². The summed E-state index contributed by atoms with van der Waals surface area (Å²) in [5.74, 6) is -0.313. The molecule has 0 bridgehead atoms. The van der Waals surface area contributed by atoms with Crippen molar-refractivity contribution in [1.82, 2.24) is 9.55 Å². The van der Waals surface area contributed by atoms with Crippen molar-refractivity contribution in [3.8, 4) is 0 Å². The van der Waals surface area contributed by atoms with Crippen molar-refractivity contribution in [2.75, 3.05) is 38.0 Å². The molecule has 1 aliphatic rings. The van der Waals surface area contributed by atoms with E-state index in [4.69, 9.17) is 9.47 Å². The molecule has 0 saturated heterocycles. The van der Waals surface area contributed by atoms with Gasteiger partial charge in [0.1, 0.15) is 12.3 Å². The van der Waals surface area contributed by atoms with Crippen LogP contribution in [-0.4, -0.2) is 48.8 Å². The highest BCUT2D eigenvalue weighted by atomic mass is 16.5. The molecule has 28 heavy (non-hydrogen) atoms. The Morgan fingerprint density at radius 2 is 2.14 bits per heavy atom. The van der Waals surface area contributed by atoms with Crippen molar-refractivity contribution < 1.29 is 19.1 Å². The summed E-state index contributed by atoms with van der Waals surface area (Å²) in [5, 5.41) is 6.85. The summed E-state index contributed by atoms with van der Waals surface area (Å²) in [6, 6.07) is 1.90. The zero-order valence-electron chi connectivity index (χ0n) is 16.4. The van der Waals surface area contributed by atoms with Crippen molar-refractivity contribution in [1.29, 1.82) is 0 Å². The second-order valence-corrected chi connectivity index (χ2v) is 6.88. The van der Waals surface area contributed by atoms with Crippen LogP contribution in [0.3, 0.4) is 0 Å². The number of fused-ring (bicyclic) bond motifs is 1. The van der Waals surface area contributed by atoms with Gasteiger partial charge in [-0.1, -0.05) is 12.2 Å². The number of methoxy groups -OCH3 is 2. The number of pyridine rings is 1. The predicted octanol–water partition coefficient (Wildman–Crippen LogP) is 2.71. The maximum Gasteiger partial charge on any atom is 0.356 e. The molecule has 0 aliphatic heterocycles. The van der Waals surface area contributed by atoms with Gasteiger partial charge in [0, 0.05) is 26.1 Å². The standard InChI is InChI=1S/C20H26N4O4/c1-24-18(20(26)28-3)17(23-16(25)12-27-2)15-9-14(11-22-19(15)24)21-10-13-7-5-4-6-8-13/h4-5,9,11,13,21H,6-8,10,12H2,1-3H3,(H,23,25). The fourth-order valence-electron chi connectivity index (χ4n) is 3.48. The molecular weight excluding hydrogens is 360 g/mol. The minimum Gasteiger partial charge on any atom is -0.464 e. The molecule has 2 N–H and O–H groups in total. The van der Waals surface area contributed by atoms with Crippen LogP contribution in [0.2, 0.25) is 0 Å². The van der Waals surface area contributed by atoms with Gasteiger partial charge in [-0.05, 0) is 31.2 Å². The third-order valence-corrected chi connectivity index (χ3v) is 4.92. The quantitative estimate of drug-likeness (QED) is 0.561. The van der Waals surface area contributed by atoms with Crippen LogP contribution in [0.4, 0.5) is 11.4 Å². The Bertz CT molecular complexity index is 903. The van der Waals surface area contributed by atoms with E-state index in [1.807, 2.05) is 6.07 Å². The largest absolute Gasteiger partial charge is 0.464 e. The van der Waals surface area contributed by atoms with Gasteiger partial charge in [0.2, 0.25) is 5.91 Å². The van der Waals surface area contributed by atoms with Crippen molar-refractivity contribution in [2.45, 2.75) is 19.3 Å². The summed E-state index contributed by atoms with van der Waals surface area (Å²) >= 11 is 0. The van der Waals surface area contributed by atoms with Crippen LogP contribution >= 0.6 is 0 Å². The van der Waals surface area contributed by atoms with Gasteiger partial charge in [0.25, 0.3) is 0 Å². The topological polar surface area (TPSA) is 94.5 Å². The van der Waals surface area contributed by atoms with E-state index in [1.54, 1.807) is 17.8 Å². The molecule has 1 aliphatic carbocycles. The third kappa shape index (κ3) is 4.17. The van der Waals surface area contributed by atoms with Crippen molar-refractivity contribution >= 4 is 34.3 Å². The van der Waals surface area contributed by atoms with E-state index in [0.717, 1.165) is 31.5 Å². The molecule has 2 aromatic rings. The first kappa shape index (κ1) is 19.9. The average Bonchev–Trinajstić information content (AvgIpc) is 2.98. The zero-order valence-corrected chi connectivity index (χ0v) is 16.4. The average molecular weight is 386 g/mol. The van der Waals surface area contributed by atoms with Gasteiger partial charge in [-0.25, -0.2) is 9.78 Å². The number of esters is 1. The summed E-state index contributed by atoms with van der Waals surface area (Å²) in [6.07, 6.45) is 9.52. The number of carbonyl (C=O) groups is 2. The van der Waals surface area contributed by atoms with Gasteiger partial charge in [-0.15, -0.1) is 0 Å². The second-order valence-electron chi connectivity index (χ2n) is 6.88. The molecule has 8 nitrogen and oxygen atoms in total. The minimum atomic E-state index is -0.545. The first-order chi connectivity index (χ1) is 13.5. The van der Waals surface area contributed by atoms with E-state index >= 15 is 0 Å². The van der Waals surface area contributed by atoms with Crippen LogP contribution < -0.4 is 10.6 Å². The van der Waals surface area contributed by atoms with Crippen molar-refractivity contribution in [3.05, 3.63) is 30.1 Å². The van der Waals surface area contributed by atoms with Crippen molar-refractivity contribution in [2.24, 2.45) is 13.0 Å². The molecular formula is C20H26N4O4. The first-order valence-electron chi connectivity index (χ1n) is 9.29. The van der Waals surface area contributed by atoms with E-state index in [2.05, 4.69) is 27.8 Å². The lowest BCUT2D eigenvalue weighted by Crippen LogP contribution is -2.19. The summed E-state index contributed by atoms with van der Waals surface area (Å²) < 4.78 is 11.4. The maximum absolute atomic E-state index is 12.3. The molecule has 8 heteroatoms. The Morgan fingerprint density at radius 1 is 1.32 bits per heavy atom. The number of rotatable bonds is 7. The lowest BCUT2D eigenvalue weighted by molar-refractivity contribution is -0.119. The number of hydrogen-bond acceptors (Lipinski definition) is 6. The summed E-state index contributed by atoms with van der Waals surface area (Å²) in [7, 11) is 4.46. The lowest BCUT2D eigenvalue weighted by Gasteiger charge is -2.18. The SMILES string of the molecule is COCC(=O)Nc1c(C(=O)OC)n(C)c2ncc(NCC3CC=CCC3)cc12. The first-order valence-corrected chi connectivity index (χ1v) is 9.29. The Balaban J connectivity index is 1.93. The lowest BCUT2D eigenvalue weighted by atomic mass is 9.94. The van der Waals surface area contributed by atoms with Crippen LogP contribution in [0, 0.1) is 5.92 Å². The summed E-state index contributed by atoms with van der Waals surface area (Å²) in [5.41, 5.74) is 2.04. The predicted molar refractivity (Wildman–Crippen MR) is 108 cm³/mol. The third-order valence-electron chi connectivity index (χ3n) is 4.92. The van der Waals surface area contributed by atoms with Gasteiger partial charge in [0.05, 0.1) is 24.7 Å². The van der Waals surface area contributed by atoms with E-state index in [9.17, 15) is 9.59 Å². The van der Waals surface area contributed by atoms with E-state index < -0.39 is 5.97 Å². The second kappa shape index (κ2) is 8.88.